The molecule has 0 unspecified atom stereocenters. The minimum Gasteiger partial charge on any atom is -0.322 e. The Morgan fingerprint density at radius 1 is 1.36 bits per heavy atom. The van der Waals surface area contributed by atoms with Crippen LogP contribution >= 0.6 is 0 Å². The van der Waals surface area contributed by atoms with E-state index < -0.39 is 17.7 Å². The number of hydrogen-bond acceptors (Lipinski definition) is 3. The average molecular weight is 311 g/mol. The molecule has 1 saturated heterocycles. The van der Waals surface area contributed by atoms with Gasteiger partial charge >= 0.3 is 0 Å². The molecule has 1 aromatic carbocycles. The fraction of sp³-hybridized carbons (Fsp3) is 0.562. The first-order valence-corrected chi connectivity index (χ1v) is 7.74. The van der Waals surface area contributed by atoms with Gasteiger partial charge in [-0.15, -0.1) is 0 Å². The molecule has 22 heavy (non-hydrogen) atoms. The van der Waals surface area contributed by atoms with Gasteiger partial charge in [0.05, 0.1) is 11.7 Å². The van der Waals surface area contributed by atoms with Gasteiger partial charge in [-0.3, -0.25) is 4.79 Å². The highest BCUT2D eigenvalue weighted by Gasteiger charge is 2.22. The molecule has 2 rings (SSSR count). The predicted molar refractivity (Wildman–Crippen MR) is 82.7 cm³/mol. The summed E-state index contributed by atoms with van der Waals surface area (Å²) in [6, 6.07) is 2.98. The quantitative estimate of drug-likeness (QED) is 0.877. The van der Waals surface area contributed by atoms with E-state index in [2.05, 4.69) is 22.5 Å². The number of anilines is 1. The lowest BCUT2D eigenvalue weighted by Gasteiger charge is -2.32. The monoisotopic (exact) mass is 311 g/mol. The summed E-state index contributed by atoms with van der Waals surface area (Å²) in [5.41, 5.74) is 0.000789. The summed E-state index contributed by atoms with van der Waals surface area (Å²) in [4.78, 5) is 14.5. The molecule has 1 aliphatic rings. The summed E-state index contributed by atoms with van der Waals surface area (Å²) < 4.78 is 26.4. The van der Waals surface area contributed by atoms with E-state index in [4.69, 9.17) is 0 Å². The third-order valence-electron chi connectivity index (χ3n) is 4.10. The van der Waals surface area contributed by atoms with E-state index in [1.165, 1.54) is 6.07 Å². The maximum atomic E-state index is 13.5. The van der Waals surface area contributed by atoms with Crippen molar-refractivity contribution in [3.05, 3.63) is 29.8 Å². The Bertz CT molecular complexity index is 516. The Labute approximate surface area is 129 Å². The molecule has 122 valence electrons. The van der Waals surface area contributed by atoms with Gasteiger partial charge in [-0.2, -0.15) is 0 Å². The van der Waals surface area contributed by atoms with Crippen molar-refractivity contribution >= 4 is 11.6 Å². The van der Waals surface area contributed by atoms with Crippen LogP contribution in [0.2, 0.25) is 0 Å². The van der Waals surface area contributed by atoms with Crippen LogP contribution in [0, 0.1) is 11.6 Å². The van der Waals surface area contributed by atoms with Crippen molar-refractivity contribution in [3.63, 3.8) is 0 Å². The fourth-order valence-corrected chi connectivity index (χ4v) is 2.68. The molecular formula is C16H23F2N3O. The van der Waals surface area contributed by atoms with Gasteiger partial charge in [-0.05, 0) is 51.5 Å². The molecule has 1 atom stereocenters. The zero-order valence-corrected chi connectivity index (χ0v) is 13.0. The van der Waals surface area contributed by atoms with Crippen molar-refractivity contribution in [1.82, 2.24) is 10.2 Å². The maximum absolute atomic E-state index is 13.5. The lowest BCUT2D eigenvalue weighted by molar-refractivity contribution is -0.118. The van der Waals surface area contributed by atoms with Crippen molar-refractivity contribution in [2.75, 3.05) is 25.0 Å². The Kier molecular flexibility index (Phi) is 5.85. The van der Waals surface area contributed by atoms with Crippen LogP contribution < -0.4 is 10.6 Å². The molecule has 1 heterocycles. The highest BCUT2D eigenvalue weighted by Crippen LogP contribution is 2.16. The average Bonchev–Trinajstić information content (AvgIpc) is 2.50. The molecule has 6 heteroatoms. The first-order chi connectivity index (χ1) is 10.5. The molecule has 1 aliphatic heterocycles. The van der Waals surface area contributed by atoms with Gasteiger partial charge in [-0.25, -0.2) is 8.78 Å². The Morgan fingerprint density at radius 3 is 2.64 bits per heavy atom. The highest BCUT2D eigenvalue weighted by atomic mass is 19.1. The van der Waals surface area contributed by atoms with E-state index in [0.717, 1.165) is 44.6 Å². The Balaban J connectivity index is 1.84. The van der Waals surface area contributed by atoms with Crippen molar-refractivity contribution in [3.8, 4) is 0 Å². The highest BCUT2D eigenvalue weighted by molar-refractivity contribution is 5.94. The van der Waals surface area contributed by atoms with E-state index in [-0.39, 0.29) is 11.6 Å². The van der Waals surface area contributed by atoms with Gasteiger partial charge in [0.2, 0.25) is 5.91 Å². The SMILES string of the molecule is CCN1CCC(N[C@@H](C)C(=O)Nc2ccc(F)cc2F)CC1. The van der Waals surface area contributed by atoms with E-state index in [0.29, 0.717) is 6.04 Å². The number of piperidine rings is 1. The normalized spacial score (nSPS) is 18.2. The van der Waals surface area contributed by atoms with Crippen LogP contribution in [0.1, 0.15) is 26.7 Å². The third-order valence-corrected chi connectivity index (χ3v) is 4.10. The lowest BCUT2D eigenvalue weighted by Crippen LogP contribution is -2.48. The maximum Gasteiger partial charge on any atom is 0.241 e. The third kappa shape index (κ3) is 4.48. The van der Waals surface area contributed by atoms with Crippen molar-refractivity contribution < 1.29 is 13.6 Å². The first kappa shape index (κ1) is 16.8. The topological polar surface area (TPSA) is 44.4 Å². The van der Waals surface area contributed by atoms with Gasteiger partial charge in [-0.1, -0.05) is 6.92 Å². The Hall–Kier alpha value is -1.53. The Morgan fingerprint density at radius 2 is 2.05 bits per heavy atom. The summed E-state index contributed by atoms with van der Waals surface area (Å²) in [5, 5.41) is 5.77. The minimum atomic E-state index is -0.767. The van der Waals surface area contributed by atoms with Crippen molar-refractivity contribution in [2.45, 2.75) is 38.8 Å². The molecular weight excluding hydrogens is 288 g/mol. The second-order valence-electron chi connectivity index (χ2n) is 5.71. The largest absolute Gasteiger partial charge is 0.322 e. The number of nitrogens with one attached hydrogen (secondary N) is 2. The van der Waals surface area contributed by atoms with E-state index in [1.807, 2.05) is 0 Å². The zero-order valence-electron chi connectivity index (χ0n) is 13.0. The molecule has 0 aromatic heterocycles. The number of halogens is 2. The molecule has 1 aromatic rings. The van der Waals surface area contributed by atoms with E-state index in [1.54, 1.807) is 6.92 Å². The number of benzene rings is 1. The van der Waals surface area contributed by atoms with Crippen LogP contribution in [0.15, 0.2) is 18.2 Å². The fourth-order valence-electron chi connectivity index (χ4n) is 2.68. The van der Waals surface area contributed by atoms with Crippen LogP contribution in [0.4, 0.5) is 14.5 Å². The molecule has 2 N–H and O–H groups in total. The van der Waals surface area contributed by atoms with E-state index in [9.17, 15) is 13.6 Å². The number of rotatable bonds is 5. The van der Waals surface area contributed by atoms with Gasteiger partial charge in [0.1, 0.15) is 11.6 Å². The van der Waals surface area contributed by atoms with Gasteiger partial charge in [0.15, 0.2) is 0 Å². The first-order valence-electron chi connectivity index (χ1n) is 7.74. The molecule has 0 spiro atoms. The van der Waals surface area contributed by atoms with Crippen molar-refractivity contribution in [2.24, 2.45) is 0 Å². The summed E-state index contributed by atoms with van der Waals surface area (Å²) in [6.07, 6.45) is 1.99. The summed E-state index contributed by atoms with van der Waals surface area (Å²) >= 11 is 0. The van der Waals surface area contributed by atoms with Gasteiger partial charge < -0.3 is 15.5 Å². The molecule has 0 aliphatic carbocycles. The predicted octanol–water partition coefficient (Wildman–Crippen LogP) is 2.37. The summed E-state index contributed by atoms with van der Waals surface area (Å²) in [5.74, 6) is -1.75. The minimum absolute atomic E-state index is 0.000789. The number of carbonyl (C=O) groups is 1. The zero-order chi connectivity index (χ0) is 16.1. The second kappa shape index (κ2) is 7.65. The second-order valence-corrected chi connectivity index (χ2v) is 5.71. The number of nitrogens with zero attached hydrogens (tertiary/aromatic N) is 1. The van der Waals surface area contributed by atoms with Gasteiger partial charge in [0, 0.05) is 12.1 Å². The smallest absolute Gasteiger partial charge is 0.241 e. The van der Waals surface area contributed by atoms with E-state index >= 15 is 0 Å². The summed E-state index contributed by atoms with van der Waals surface area (Å²) in [7, 11) is 0. The van der Waals surface area contributed by atoms with Crippen LogP contribution in [-0.4, -0.2) is 42.5 Å². The van der Waals surface area contributed by atoms with Crippen LogP contribution in [0.5, 0.6) is 0 Å². The number of hydrogen-bond donors (Lipinski definition) is 2. The van der Waals surface area contributed by atoms with Crippen LogP contribution in [-0.2, 0) is 4.79 Å². The lowest BCUT2D eigenvalue weighted by atomic mass is 10.0. The molecule has 4 nitrogen and oxygen atoms in total. The van der Waals surface area contributed by atoms with Crippen molar-refractivity contribution in [1.29, 1.82) is 0 Å². The molecule has 0 radical (unpaired) electrons. The van der Waals surface area contributed by atoms with Crippen LogP contribution in [0.3, 0.4) is 0 Å². The summed E-state index contributed by atoms with van der Waals surface area (Å²) in [6.45, 7) is 6.99. The molecule has 1 fully saturated rings. The van der Waals surface area contributed by atoms with Crippen LogP contribution in [0.25, 0.3) is 0 Å². The van der Waals surface area contributed by atoms with Gasteiger partial charge in [0.25, 0.3) is 0 Å². The number of likely N-dealkylation sites (tertiary alicyclic amines) is 1. The number of amides is 1. The molecule has 0 bridgehead atoms. The number of carbonyl (C=O) groups excluding carboxylic acids is 1. The standard InChI is InChI=1S/C16H23F2N3O/c1-3-21-8-6-13(7-9-21)19-11(2)16(22)20-15-5-4-12(17)10-14(15)18/h4-5,10-11,13,19H,3,6-9H2,1-2H3,(H,20,22)/t11-/m0/s1. The molecule has 0 saturated carbocycles. The molecule has 1 amide bonds.